The SMILES string of the molecule is CC(O)(CO)CNc1cc([N+](=O)[O-])cc(NN)n1. The lowest BCUT2D eigenvalue weighted by atomic mass is 10.1. The number of aromatic nitrogens is 1. The van der Waals surface area contributed by atoms with Crippen LogP contribution in [-0.2, 0) is 0 Å². The summed E-state index contributed by atoms with van der Waals surface area (Å²) in [6.07, 6.45) is 0. The Bertz CT molecular complexity index is 437. The maximum absolute atomic E-state index is 10.7. The smallest absolute Gasteiger partial charge is 0.276 e. The van der Waals surface area contributed by atoms with Crippen LogP contribution < -0.4 is 16.6 Å². The van der Waals surface area contributed by atoms with E-state index in [4.69, 9.17) is 10.9 Å². The number of nitro groups is 1. The zero-order valence-electron chi connectivity index (χ0n) is 9.75. The van der Waals surface area contributed by atoms with Gasteiger partial charge in [0.15, 0.2) is 0 Å². The molecule has 1 aromatic heterocycles. The first kappa shape index (κ1) is 14.1. The lowest BCUT2D eigenvalue weighted by Gasteiger charge is -2.20. The molecule has 1 aromatic rings. The molecule has 1 heterocycles. The molecule has 0 aromatic carbocycles. The number of aliphatic hydroxyl groups excluding tert-OH is 1. The van der Waals surface area contributed by atoms with E-state index in [1.54, 1.807) is 0 Å². The first-order chi connectivity index (χ1) is 8.38. The van der Waals surface area contributed by atoms with Crippen molar-refractivity contribution < 1.29 is 15.1 Å². The molecule has 18 heavy (non-hydrogen) atoms. The molecule has 0 aliphatic carbocycles. The minimum absolute atomic E-state index is 0.0122. The van der Waals surface area contributed by atoms with E-state index in [0.717, 1.165) is 0 Å². The Kier molecular flexibility index (Phi) is 4.37. The summed E-state index contributed by atoms with van der Waals surface area (Å²) in [5.41, 5.74) is 0.671. The van der Waals surface area contributed by atoms with Crippen LogP contribution in [0.2, 0.25) is 0 Å². The minimum atomic E-state index is -1.34. The number of rotatable bonds is 6. The van der Waals surface area contributed by atoms with Gasteiger partial charge in [0.05, 0.1) is 23.7 Å². The number of anilines is 2. The minimum Gasteiger partial charge on any atom is -0.393 e. The molecule has 0 aliphatic heterocycles. The van der Waals surface area contributed by atoms with Crippen LogP contribution in [0.3, 0.4) is 0 Å². The molecule has 1 atom stereocenters. The second-order valence-corrected chi connectivity index (χ2v) is 4.01. The van der Waals surface area contributed by atoms with Crippen molar-refractivity contribution in [2.75, 3.05) is 23.9 Å². The zero-order valence-corrected chi connectivity index (χ0v) is 9.75. The van der Waals surface area contributed by atoms with Crippen molar-refractivity contribution >= 4 is 17.3 Å². The number of hydrazine groups is 1. The molecular formula is C9H15N5O4. The van der Waals surface area contributed by atoms with Crippen molar-refractivity contribution in [2.24, 2.45) is 5.84 Å². The highest BCUT2D eigenvalue weighted by atomic mass is 16.6. The fourth-order valence-electron chi connectivity index (χ4n) is 1.12. The van der Waals surface area contributed by atoms with E-state index < -0.39 is 17.1 Å². The summed E-state index contributed by atoms with van der Waals surface area (Å²) in [6, 6.07) is 2.38. The molecule has 0 fully saturated rings. The van der Waals surface area contributed by atoms with Gasteiger partial charge in [0, 0.05) is 6.54 Å². The second kappa shape index (κ2) is 5.58. The number of hydrogen-bond acceptors (Lipinski definition) is 8. The summed E-state index contributed by atoms with van der Waals surface area (Å²) >= 11 is 0. The van der Waals surface area contributed by atoms with Gasteiger partial charge in [0.25, 0.3) is 5.69 Å². The highest BCUT2D eigenvalue weighted by Gasteiger charge is 2.19. The average molecular weight is 257 g/mol. The number of pyridine rings is 1. The van der Waals surface area contributed by atoms with Crippen LogP contribution in [-0.4, -0.2) is 38.9 Å². The summed E-state index contributed by atoms with van der Waals surface area (Å²) < 4.78 is 0. The van der Waals surface area contributed by atoms with Gasteiger partial charge in [0.2, 0.25) is 0 Å². The third-order valence-corrected chi connectivity index (χ3v) is 2.16. The highest BCUT2D eigenvalue weighted by Crippen LogP contribution is 2.20. The molecule has 1 rings (SSSR count). The summed E-state index contributed by atoms with van der Waals surface area (Å²) in [4.78, 5) is 14.0. The van der Waals surface area contributed by atoms with Crippen LogP contribution in [0.4, 0.5) is 17.3 Å². The Morgan fingerprint density at radius 1 is 1.56 bits per heavy atom. The summed E-state index contributed by atoms with van der Waals surface area (Å²) in [7, 11) is 0. The van der Waals surface area contributed by atoms with Gasteiger partial charge in [-0.3, -0.25) is 10.1 Å². The van der Waals surface area contributed by atoms with Gasteiger partial charge in [0.1, 0.15) is 17.2 Å². The van der Waals surface area contributed by atoms with Crippen molar-refractivity contribution in [3.05, 3.63) is 22.2 Å². The molecule has 1 unspecified atom stereocenters. The summed E-state index contributed by atoms with van der Waals surface area (Å²) in [5.74, 6) is 5.44. The summed E-state index contributed by atoms with van der Waals surface area (Å²) in [5, 5.41) is 31.8. The van der Waals surface area contributed by atoms with E-state index in [1.165, 1.54) is 19.1 Å². The molecule has 0 saturated carbocycles. The first-order valence-corrected chi connectivity index (χ1v) is 5.08. The normalized spacial score (nSPS) is 13.8. The van der Waals surface area contributed by atoms with E-state index in [0.29, 0.717) is 0 Å². The first-order valence-electron chi connectivity index (χ1n) is 5.08. The standard InChI is InChI=1S/C9H15N5O4/c1-9(16,5-15)4-11-7-2-6(14(17)18)3-8(12-7)13-10/h2-3,15-16H,4-5,10H2,1H3,(H2,11,12,13). The fourth-order valence-corrected chi connectivity index (χ4v) is 1.12. The van der Waals surface area contributed by atoms with Crippen molar-refractivity contribution in [1.29, 1.82) is 0 Å². The van der Waals surface area contributed by atoms with Crippen LogP contribution in [0.1, 0.15) is 6.92 Å². The lowest BCUT2D eigenvalue weighted by molar-refractivity contribution is -0.384. The lowest BCUT2D eigenvalue weighted by Crippen LogP contribution is -2.37. The molecular weight excluding hydrogens is 242 g/mol. The van der Waals surface area contributed by atoms with Crippen molar-refractivity contribution in [3.8, 4) is 0 Å². The Morgan fingerprint density at radius 2 is 2.17 bits per heavy atom. The second-order valence-electron chi connectivity index (χ2n) is 4.01. The van der Waals surface area contributed by atoms with Crippen molar-refractivity contribution in [2.45, 2.75) is 12.5 Å². The quantitative estimate of drug-likeness (QED) is 0.258. The Morgan fingerprint density at radius 3 is 2.67 bits per heavy atom. The predicted octanol–water partition coefficient (Wildman–Crippen LogP) is -0.569. The van der Waals surface area contributed by atoms with E-state index in [9.17, 15) is 15.2 Å². The Balaban J connectivity index is 2.88. The van der Waals surface area contributed by atoms with E-state index in [-0.39, 0.29) is 23.9 Å². The van der Waals surface area contributed by atoms with Gasteiger partial charge in [-0.05, 0) is 6.92 Å². The van der Waals surface area contributed by atoms with Crippen LogP contribution in [0.5, 0.6) is 0 Å². The number of nitrogen functional groups attached to an aromatic ring is 1. The van der Waals surface area contributed by atoms with Crippen LogP contribution in [0, 0.1) is 10.1 Å². The van der Waals surface area contributed by atoms with E-state index in [2.05, 4.69) is 15.7 Å². The molecule has 100 valence electrons. The number of nitrogens with zero attached hydrogens (tertiary/aromatic N) is 2. The topological polar surface area (TPSA) is 147 Å². The van der Waals surface area contributed by atoms with E-state index in [1.807, 2.05) is 0 Å². The van der Waals surface area contributed by atoms with Gasteiger partial charge in [-0.1, -0.05) is 0 Å². The maximum atomic E-state index is 10.7. The molecule has 0 saturated heterocycles. The van der Waals surface area contributed by atoms with E-state index >= 15 is 0 Å². The third-order valence-electron chi connectivity index (χ3n) is 2.16. The van der Waals surface area contributed by atoms with Crippen LogP contribution in [0.25, 0.3) is 0 Å². The van der Waals surface area contributed by atoms with Gasteiger partial charge in [-0.25, -0.2) is 10.8 Å². The largest absolute Gasteiger partial charge is 0.393 e. The third kappa shape index (κ3) is 3.80. The summed E-state index contributed by atoms with van der Waals surface area (Å²) in [6.45, 7) is 0.956. The van der Waals surface area contributed by atoms with Gasteiger partial charge in [-0.2, -0.15) is 0 Å². The zero-order chi connectivity index (χ0) is 13.8. The number of hydrogen-bond donors (Lipinski definition) is 5. The number of nitrogens with one attached hydrogen (secondary N) is 2. The van der Waals surface area contributed by atoms with Gasteiger partial charge < -0.3 is 21.0 Å². The molecule has 0 spiro atoms. The van der Waals surface area contributed by atoms with Crippen molar-refractivity contribution in [3.63, 3.8) is 0 Å². The van der Waals surface area contributed by atoms with Crippen LogP contribution in [0.15, 0.2) is 12.1 Å². The van der Waals surface area contributed by atoms with Crippen molar-refractivity contribution in [1.82, 2.24) is 4.98 Å². The fraction of sp³-hybridized carbons (Fsp3) is 0.444. The molecule has 0 aliphatic rings. The van der Waals surface area contributed by atoms with Gasteiger partial charge >= 0.3 is 0 Å². The Hall–Kier alpha value is -1.97. The van der Waals surface area contributed by atoms with Gasteiger partial charge in [-0.15, -0.1) is 0 Å². The average Bonchev–Trinajstić information content (AvgIpc) is 2.36. The molecule has 9 nitrogen and oxygen atoms in total. The molecule has 6 N–H and O–H groups in total. The molecule has 0 bridgehead atoms. The molecule has 9 heteroatoms. The Labute approximate surface area is 103 Å². The van der Waals surface area contributed by atoms with Crippen LogP contribution >= 0.6 is 0 Å². The maximum Gasteiger partial charge on any atom is 0.276 e. The molecule has 0 radical (unpaired) electrons. The predicted molar refractivity (Wildman–Crippen MR) is 64.9 cm³/mol. The highest BCUT2D eigenvalue weighted by molar-refractivity contribution is 5.54. The number of aliphatic hydroxyl groups is 2. The molecule has 0 amide bonds. The number of nitrogens with two attached hydrogens (primary N) is 1. The monoisotopic (exact) mass is 257 g/mol.